The van der Waals surface area contributed by atoms with Crippen molar-refractivity contribution in [2.75, 3.05) is 0 Å². The first-order valence-corrected chi connectivity index (χ1v) is 13.6. The van der Waals surface area contributed by atoms with E-state index in [1.807, 2.05) is 37.3 Å². The molecule has 4 rings (SSSR count). The quantitative estimate of drug-likeness (QED) is 0.560. The Morgan fingerprint density at radius 3 is 2.44 bits per heavy atom. The molecule has 188 valence electrons. The molecule has 5 heteroatoms. The van der Waals surface area contributed by atoms with Crippen molar-refractivity contribution < 1.29 is 14.7 Å². The molecule has 0 aliphatic heterocycles. The van der Waals surface area contributed by atoms with Crippen LogP contribution in [-0.4, -0.2) is 29.1 Å². The molecule has 3 aliphatic carbocycles. The summed E-state index contributed by atoms with van der Waals surface area (Å²) in [5.74, 6) is 0.394. The van der Waals surface area contributed by atoms with Gasteiger partial charge in [-0.15, -0.1) is 0 Å². The van der Waals surface area contributed by atoms with E-state index in [0.717, 1.165) is 56.9 Å². The highest BCUT2D eigenvalue weighted by Gasteiger charge is 2.54. The molecule has 0 radical (unpaired) electrons. The normalized spacial score (nSPS) is 35.1. The molecule has 1 aromatic rings. The average Bonchev–Trinajstić information content (AvgIpc) is 2.85. The molecule has 3 saturated carbocycles. The number of hydrogen-bond donors (Lipinski definition) is 3. The number of benzene rings is 1. The van der Waals surface area contributed by atoms with Crippen molar-refractivity contribution >= 4 is 11.8 Å². The number of aliphatic hydroxyl groups is 1. The molecule has 0 bridgehead atoms. The Labute approximate surface area is 205 Å². The molecule has 3 aliphatic rings. The molecule has 0 aromatic heterocycles. The fraction of sp³-hybridized carbons (Fsp3) is 0.724. The van der Waals surface area contributed by atoms with Crippen LogP contribution in [0, 0.1) is 35.0 Å². The van der Waals surface area contributed by atoms with E-state index >= 15 is 0 Å². The second-order valence-corrected chi connectivity index (χ2v) is 11.7. The summed E-state index contributed by atoms with van der Waals surface area (Å²) in [6.07, 6.45) is 8.96. The summed E-state index contributed by atoms with van der Waals surface area (Å²) in [6.45, 7) is 7.00. The summed E-state index contributed by atoms with van der Waals surface area (Å²) in [5, 5.41) is 18.1. The summed E-state index contributed by atoms with van der Waals surface area (Å²) in [4.78, 5) is 25.9. The Hall–Kier alpha value is -1.88. The first-order valence-electron chi connectivity index (χ1n) is 13.6. The van der Waals surface area contributed by atoms with E-state index < -0.39 is 6.10 Å². The zero-order valence-electron chi connectivity index (χ0n) is 21.3. The third-order valence-electron chi connectivity index (χ3n) is 9.56. The van der Waals surface area contributed by atoms with Gasteiger partial charge in [-0.3, -0.25) is 9.59 Å². The van der Waals surface area contributed by atoms with Gasteiger partial charge in [-0.25, -0.2) is 0 Å². The van der Waals surface area contributed by atoms with Crippen molar-refractivity contribution in [1.29, 1.82) is 0 Å². The lowest BCUT2D eigenvalue weighted by molar-refractivity contribution is -0.144. The van der Waals surface area contributed by atoms with Crippen molar-refractivity contribution in [2.45, 2.75) is 97.2 Å². The minimum atomic E-state index is -0.527. The first kappa shape index (κ1) is 25.2. The van der Waals surface area contributed by atoms with Gasteiger partial charge in [0.2, 0.25) is 11.8 Å². The number of hydrogen-bond acceptors (Lipinski definition) is 3. The second-order valence-electron chi connectivity index (χ2n) is 11.7. The summed E-state index contributed by atoms with van der Waals surface area (Å²) in [7, 11) is 0. The molecular weight excluding hydrogens is 424 g/mol. The number of carbonyl (C=O) groups is 2. The van der Waals surface area contributed by atoms with Crippen molar-refractivity contribution in [3.8, 4) is 0 Å². The van der Waals surface area contributed by atoms with Crippen LogP contribution in [-0.2, 0) is 16.1 Å². The number of fused-ring (bicyclic) bond motifs is 1. The summed E-state index contributed by atoms with van der Waals surface area (Å²) in [5.41, 5.74) is 1.15. The minimum absolute atomic E-state index is 0.0159. The maximum Gasteiger partial charge on any atom is 0.223 e. The molecule has 1 aromatic carbocycles. The topological polar surface area (TPSA) is 78.4 Å². The van der Waals surface area contributed by atoms with Crippen LogP contribution in [0.15, 0.2) is 30.3 Å². The van der Waals surface area contributed by atoms with Gasteiger partial charge >= 0.3 is 0 Å². The van der Waals surface area contributed by atoms with Gasteiger partial charge in [-0.05, 0) is 67.3 Å². The third-order valence-corrected chi connectivity index (χ3v) is 9.56. The van der Waals surface area contributed by atoms with Crippen molar-refractivity contribution in [3.63, 3.8) is 0 Å². The standard InChI is InChI=1S/C29H44N2O3/c1-19(27(33)30-18-21-10-6-4-7-11-21)23-14-16-29(3)17-15-24(20(2)25(29)26(23)32)31-28(34)22-12-8-5-9-13-22/h4,6-7,10-11,19-20,22-26,32H,5,8-9,12-18H2,1-3H3,(H,30,33)(H,31,34). The first-order chi connectivity index (χ1) is 16.3. The molecule has 3 N–H and O–H groups in total. The van der Waals surface area contributed by atoms with Gasteiger partial charge in [-0.1, -0.05) is 70.4 Å². The number of amides is 2. The van der Waals surface area contributed by atoms with Gasteiger partial charge in [0, 0.05) is 24.4 Å². The summed E-state index contributed by atoms with van der Waals surface area (Å²) < 4.78 is 0. The molecule has 0 saturated heterocycles. The maximum atomic E-state index is 13.0. The Morgan fingerprint density at radius 1 is 1.06 bits per heavy atom. The largest absolute Gasteiger partial charge is 0.392 e. The van der Waals surface area contributed by atoms with Crippen LogP contribution >= 0.6 is 0 Å². The van der Waals surface area contributed by atoms with Crippen LogP contribution < -0.4 is 10.6 Å². The molecule has 7 unspecified atom stereocenters. The molecule has 5 nitrogen and oxygen atoms in total. The van der Waals surface area contributed by atoms with Gasteiger partial charge in [0.15, 0.2) is 0 Å². The molecule has 0 heterocycles. The lowest BCUT2D eigenvalue weighted by atomic mass is 9.51. The van der Waals surface area contributed by atoms with Crippen LogP contribution in [0.2, 0.25) is 0 Å². The van der Waals surface area contributed by atoms with E-state index in [4.69, 9.17) is 0 Å². The number of rotatable bonds is 6. The zero-order chi connectivity index (χ0) is 24.3. The molecule has 2 amide bonds. The van der Waals surface area contributed by atoms with Crippen molar-refractivity contribution in [3.05, 3.63) is 35.9 Å². The van der Waals surface area contributed by atoms with Gasteiger partial charge in [0.25, 0.3) is 0 Å². The summed E-state index contributed by atoms with van der Waals surface area (Å²) in [6, 6.07) is 10.1. The average molecular weight is 469 g/mol. The number of carbonyl (C=O) groups excluding carboxylic acids is 2. The van der Waals surface area contributed by atoms with Gasteiger partial charge < -0.3 is 15.7 Å². The monoisotopic (exact) mass is 468 g/mol. The van der Waals surface area contributed by atoms with Crippen LogP contribution in [0.25, 0.3) is 0 Å². The third kappa shape index (κ3) is 5.35. The number of aliphatic hydroxyl groups excluding tert-OH is 1. The van der Waals surface area contributed by atoms with Crippen molar-refractivity contribution in [2.24, 2.45) is 35.0 Å². The Morgan fingerprint density at radius 2 is 1.74 bits per heavy atom. The fourth-order valence-corrected chi connectivity index (χ4v) is 7.30. The van der Waals surface area contributed by atoms with E-state index in [0.29, 0.717) is 6.54 Å². The van der Waals surface area contributed by atoms with Crippen molar-refractivity contribution in [1.82, 2.24) is 10.6 Å². The summed E-state index contributed by atoms with van der Waals surface area (Å²) >= 11 is 0. The maximum absolute atomic E-state index is 13.0. The van der Waals surface area contributed by atoms with E-state index in [9.17, 15) is 14.7 Å². The predicted molar refractivity (Wildman–Crippen MR) is 135 cm³/mol. The van der Waals surface area contributed by atoms with E-state index in [1.54, 1.807) is 0 Å². The zero-order valence-corrected chi connectivity index (χ0v) is 21.3. The molecular formula is C29H44N2O3. The van der Waals surface area contributed by atoms with E-state index in [2.05, 4.69) is 24.5 Å². The molecule has 0 spiro atoms. The Kier molecular flexibility index (Phi) is 8.01. The van der Waals surface area contributed by atoms with Gasteiger partial charge in [0.1, 0.15) is 0 Å². The van der Waals surface area contributed by atoms with E-state index in [-0.39, 0.29) is 52.9 Å². The molecule has 7 atom stereocenters. The van der Waals surface area contributed by atoms with Gasteiger partial charge in [-0.2, -0.15) is 0 Å². The van der Waals surface area contributed by atoms with Crippen LogP contribution in [0.3, 0.4) is 0 Å². The van der Waals surface area contributed by atoms with Crippen LogP contribution in [0.4, 0.5) is 0 Å². The predicted octanol–water partition coefficient (Wildman–Crippen LogP) is 4.83. The Bertz CT molecular complexity index is 837. The highest BCUT2D eigenvalue weighted by atomic mass is 16.3. The second kappa shape index (κ2) is 10.8. The SMILES string of the molecule is CC(C(=O)NCc1ccccc1)C1CCC2(C)CCC(NC(=O)C3CCCCC3)C(C)C2C1O. The smallest absolute Gasteiger partial charge is 0.223 e. The molecule has 34 heavy (non-hydrogen) atoms. The minimum Gasteiger partial charge on any atom is -0.392 e. The molecule has 3 fully saturated rings. The highest BCUT2D eigenvalue weighted by molar-refractivity contribution is 5.79. The lowest BCUT2D eigenvalue weighted by Crippen LogP contribution is -2.59. The lowest BCUT2D eigenvalue weighted by Gasteiger charge is -2.56. The Balaban J connectivity index is 1.39. The van der Waals surface area contributed by atoms with Gasteiger partial charge in [0.05, 0.1) is 6.10 Å². The highest BCUT2D eigenvalue weighted by Crippen LogP contribution is 2.55. The van der Waals surface area contributed by atoms with E-state index in [1.165, 1.54) is 6.42 Å². The van der Waals surface area contributed by atoms with Crippen LogP contribution in [0.5, 0.6) is 0 Å². The number of nitrogens with one attached hydrogen (secondary N) is 2. The van der Waals surface area contributed by atoms with Crippen LogP contribution in [0.1, 0.15) is 84.1 Å². The fourth-order valence-electron chi connectivity index (χ4n) is 7.30.